The summed E-state index contributed by atoms with van der Waals surface area (Å²) in [6.07, 6.45) is 1.92. The Labute approximate surface area is 118 Å². The molecule has 4 nitrogen and oxygen atoms in total. The lowest BCUT2D eigenvalue weighted by molar-refractivity contribution is -0.119. The van der Waals surface area contributed by atoms with Crippen molar-refractivity contribution in [1.29, 1.82) is 5.26 Å². The first kappa shape index (κ1) is 14.3. The zero-order chi connectivity index (χ0) is 14.5. The fourth-order valence-corrected chi connectivity index (χ4v) is 2.54. The maximum absolute atomic E-state index is 13.1. The van der Waals surface area contributed by atoms with Crippen molar-refractivity contribution >= 4 is 11.6 Å². The average molecular weight is 275 g/mol. The van der Waals surface area contributed by atoms with Crippen LogP contribution in [0.2, 0.25) is 0 Å². The van der Waals surface area contributed by atoms with Gasteiger partial charge in [-0.25, -0.2) is 4.39 Å². The molecular formula is C15H18FN3O. The summed E-state index contributed by atoms with van der Waals surface area (Å²) >= 11 is 0. The molecule has 20 heavy (non-hydrogen) atoms. The molecule has 5 heteroatoms. The Kier molecular flexibility index (Phi) is 4.57. The molecule has 0 aliphatic carbocycles. The molecule has 1 aromatic carbocycles. The van der Waals surface area contributed by atoms with Gasteiger partial charge >= 0.3 is 0 Å². The maximum atomic E-state index is 13.1. The summed E-state index contributed by atoms with van der Waals surface area (Å²) in [5.74, 6) is 0.0877. The second kappa shape index (κ2) is 6.38. The van der Waals surface area contributed by atoms with Crippen LogP contribution in [0.15, 0.2) is 18.2 Å². The number of nitrogens with one attached hydrogen (secondary N) is 1. The zero-order valence-corrected chi connectivity index (χ0v) is 11.5. The number of piperidine rings is 1. The predicted molar refractivity (Wildman–Crippen MR) is 74.7 cm³/mol. The van der Waals surface area contributed by atoms with Crippen LogP contribution in [-0.4, -0.2) is 25.5 Å². The van der Waals surface area contributed by atoms with Crippen molar-refractivity contribution in [3.8, 4) is 6.07 Å². The van der Waals surface area contributed by atoms with Gasteiger partial charge in [-0.15, -0.1) is 0 Å². The van der Waals surface area contributed by atoms with Gasteiger partial charge in [-0.1, -0.05) is 0 Å². The number of nitrogens with zero attached hydrogens (tertiary/aromatic N) is 2. The highest BCUT2D eigenvalue weighted by Crippen LogP contribution is 2.26. The minimum absolute atomic E-state index is 0.00210. The quantitative estimate of drug-likeness (QED) is 0.918. The van der Waals surface area contributed by atoms with Crippen LogP contribution < -0.4 is 10.2 Å². The van der Waals surface area contributed by atoms with Crippen LogP contribution in [0.5, 0.6) is 0 Å². The first-order valence-corrected chi connectivity index (χ1v) is 6.79. The predicted octanol–water partition coefficient (Wildman–Crippen LogP) is 2.05. The minimum atomic E-state index is -0.383. The summed E-state index contributed by atoms with van der Waals surface area (Å²) in [5.41, 5.74) is 1.18. The molecule has 1 saturated heterocycles. The Morgan fingerprint density at radius 1 is 1.50 bits per heavy atom. The van der Waals surface area contributed by atoms with E-state index in [4.69, 9.17) is 5.26 Å². The summed E-state index contributed by atoms with van der Waals surface area (Å²) < 4.78 is 13.1. The van der Waals surface area contributed by atoms with Crippen LogP contribution >= 0.6 is 0 Å². The molecule has 0 spiro atoms. The van der Waals surface area contributed by atoms with Gasteiger partial charge in [0.2, 0.25) is 5.91 Å². The Bertz CT molecular complexity index is 530. The van der Waals surface area contributed by atoms with E-state index in [-0.39, 0.29) is 11.7 Å². The number of hydrogen-bond acceptors (Lipinski definition) is 3. The fourth-order valence-electron chi connectivity index (χ4n) is 2.54. The Hall–Kier alpha value is -2.09. The highest BCUT2D eigenvalue weighted by Gasteiger charge is 2.21. The van der Waals surface area contributed by atoms with Crippen LogP contribution in [0.4, 0.5) is 10.1 Å². The number of anilines is 1. The van der Waals surface area contributed by atoms with E-state index in [0.29, 0.717) is 18.0 Å². The topological polar surface area (TPSA) is 56.1 Å². The molecule has 0 unspecified atom stereocenters. The first-order valence-electron chi connectivity index (χ1n) is 6.79. The van der Waals surface area contributed by atoms with E-state index in [1.165, 1.54) is 19.1 Å². The van der Waals surface area contributed by atoms with Crippen LogP contribution in [0.1, 0.15) is 25.3 Å². The van der Waals surface area contributed by atoms with Crippen LogP contribution in [-0.2, 0) is 4.79 Å². The van der Waals surface area contributed by atoms with E-state index in [1.807, 2.05) is 6.07 Å². The zero-order valence-electron chi connectivity index (χ0n) is 11.5. The molecule has 0 atom stereocenters. The van der Waals surface area contributed by atoms with Gasteiger partial charge in [-0.3, -0.25) is 4.79 Å². The number of benzene rings is 1. The van der Waals surface area contributed by atoms with Gasteiger partial charge in [0.15, 0.2) is 0 Å². The van der Waals surface area contributed by atoms with Gasteiger partial charge in [0, 0.05) is 26.6 Å². The van der Waals surface area contributed by atoms with Crippen LogP contribution in [0.25, 0.3) is 0 Å². The molecule has 0 radical (unpaired) electrons. The monoisotopic (exact) mass is 275 g/mol. The van der Waals surface area contributed by atoms with E-state index in [9.17, 15) is 9.18 Å². The summed E-state index contributed by atoms with van der Waals surface area (Å²) in [4.78, 5) is 13.0. The Balaban J connectivity index is 1.97. The molecule has 0 aromatic heterocycles. The van der Waals surface area contributed by atoms with Crippen molar-refractivity contribution in [2.24, 2.45) is 5.92 Å². The van der Waals surface area contributed by atoms with Crippen molar-refractivity contribution in [2.75, 3.05) is 24.5 Å². The molecule has 1 amide bonds. The van der Waals surface area contributed by atoms with Crippen molar-refractivity contribution in [3.05, 3.63) is 29.6 Å². The second-order valence-electron chi connectivity index (χ2n) is 5.14. The van der Waals surface area contributed by atoms with Gasteiger partial charge in [-0.05, 0) is 37.0 Å². The van der Waals surface area contributed by atoms with Gasteiger partial charge < -0.3 is 10.2 Å². The number of carbonyl (C=O) groups excluding carboxylic acids is 1. The lowest BCUT2D eigenvalue weighted by Gasteiger charge is -2.34. The maximum Gasteiger partial charge on any atom is 0.216 e. The minimum Gasteiger partial charge on any atom is -0.370 e. The molecule has 1 fully saturated rings. The van der Waals surface area contributed by atoms with Crippen molar-refractivity contribution in [2.45, 2.75) is 19.8 Å². The van der Waals surface area contributed by atoms with Crippen molar-refractivity contribution in [3.63, 3.8) is 0 Å². The first-order chi connectivity index (χ1) is 9.60. The SMILES string of the molecule is CC(=O)NCC1CCN(c2ccc(F)cc2C#N)CC1. The molecule has 1 aliphatic heterocycles. The Morgan fingerprint density at radius 3 is 2.80 bits per heavy atom. The molecule has 1 aliphatic rings. The molecule has 1 N–H and O–H groups in total. The number of hydrogen-bond donors (Lipinski definition) is 1. The van der Waals surface area contributed by atoms with E-state index in [1.54, 1.807) is 6.07 Å². The largest absolute Gasteiger partial charge is 0.370 e. The van der Waals surface area contributed by atoms with Gasteiger partial charge in [0.1, 0.15) is 11.9 Å². The third-order valence-electron chi connectivity index (χ3n) is 3.67. The lowest BCUT2D eigenvalue weighted by Crippen LogP contribution is -2.38. The fraction of sp³-hybridized carbons (Fsp3) is 0.467. The summed E-state index contributed by atoms with van der Waals surface area (Å²) in [6, 6.07) is 6.38. The van der Waals surface area contributed by atoms with E-state index < -0.39 is 0 Å². The average Bonchev–Trinajstić information content (AvgIpc) is 2.45. The summed E-state index contributed by atoms with van der Waals surface area (Å²) in [6.45, 7) is 3.87. The normalized spacial score (nSPS) is 15.8. The van der Waals surface area contributed by atoms with Crippen LogP contribution in [0.3, 0.4) is 0 Å². The van der Waals surface area contributed by atoms with E-state index >= 15 is 0 Å². The highest BCUT2D eigenvalue weighted by molar-refractivity contribution is 5.72. The summed E-state index contributed by atoms with van der Waals surface area (Å²) in [5, 5.41) is 11.9. The van der Waals surface area contributed by atoms with E-state index in [2.05, 4.69) is 10.2 Å². The van der Waals surface area contributed by atoms with Gasteiger partial charge in [0.25, 0.3) is 0 Å². The second-order valence-corrected chi connectivity index (χ2v) is 5.14. The summed E-state index contributed by atoms with van der Waals surface area (Å²) in [7, 11) is 0. The molecule has 1 aromatic rings. The smallest absolute Gasteiger partial charge is 0.216 e. The molecule has 2 rings (SSSR count). The van der Waals surface area contributed by atoms with Crippen molar-refractivity contribution in [1.82, 2.24) is 5.32 Å². The van der Waals surface area contributed by atoms with E-state index in [0.717, 1.165) is 31.6 Å². The lowest BCUT2D eigenvalue weighted by atomic mass is 9.96. The number of amides is 1. The number of halogens is 1. The van der Waals surface area contributed by atoms with Crippen LogP contribution in [0, 0.1) is 23.1 Å². The third kappa shape index (κ3) is 3.47. The number of carbonyl (C=O) groups is 1. The van der Waals surface area contributed by atoms with Gasteiger partial charge in [-0.2, -0.15) is 5.26 Å². The van der Waals surface area contributed by atoms with Crippen molar-refractivity contribution < 1.29 is 9.18 Å². The Morgan fingerprint density at radius 2 is 2.20 bits per heavy atom. The standard InChI is InChI=1S/C15H18FN3O/c1-11(20)18-10-12-4-6-19(7-5-12)15-3-2-14(16)8-13(15)9-17/h2-3,8,12H,4-7,10H2,1H3,(H,18,20). The molecule has 0 saturated carbocycles. The number of nitriles is 1. The van der Waals surface area contributed by atoms with Gasteiger partial charge in [0.05, 0.1) is 11.3 Å². The number of rotatable bonds is 3. The molecule has 0 bridgehead atoms. The third-order valence-corrected chi connectivity index (χ3v) is 3.67. The molecule has 1 heterocycles. The highest BCUT2D eigenvalue weighted by atomic mass is 19.1. The molecule has 106 valence electrons. The molecular weight excluding hydrogens is 257 g/mol.